The quantitative estimate of drug-likeness (QED) is 0.0676. The van der Waals surface area contributed by atoms with Crippen molar-refractivity contribution >= 4 is 46.3 Å². The van der Waals surface area contributed by atoms with Crippen LogP contribution >= 0.6 is 0 Å². The van der Waals surface area contributed by atoms with Crippen molar-refractivity contribution in [2.45, 2.75) is 150 Å². The maximum absolute atomic E-state index is 14.2. The number of carboxylic acids is 2. The largest absolute Gasteiger partial charge is 0.481 e. The van der Waals surface area contributed by atoms with Crippen LogP contribution in [-0.4, -0.2) is 131 Å². The molecule has 3 rings (SSSR count). The van der Waals surface area contributed by atoms with Crippen molar-refractivity contribution in [1.82, 2.24) is 25.4 Å². The van der Waals surface area contributed by atoms with E-state index in [2.05, 4.69) is 29.5 Å². The number of aliphatic carboxylic acids is 2. The number of ether oxygens (including phenoxy) is 2. The van der Waals surface area contributed by atoms with E-state index in [9.17, 15) is 33.9 Å². The van der Waals surface area contributed by atoms with E-state index < -0.39 is 60.1 Å². The second kappa shape index (κ2) is 25.2. The molecule has 0 spiro atoms. The fourth-order valence-corrected chi connectivity index (χ4v) is 9.48. The smallest absolute Gasteiger partial charge is 0.326 e. The van der Waals surface area contributed by atoms with Crippen LogP contribution < -0.4 is 10.6 Å². The molecular weight excluding hydrogens is 807 g/mol. The first kappa shape index (κ1) is 53.0. The lowest BCUT2D eigenvalue weighted by atomic mass is 9.79. The van der Waals surface area contributed by atoms with E-state index >= 15 is 0 Å². The average molecular weight is 884 g/mol. The van der Waals surface area contributed by atoms with Gasteiger partial charge in [-0.25, -0.2) is 4.79 Å². The number of ketones is 1. The average Bonchev–Trinajstić information content (AvgIpc) is 3.89. The van der Waals surface area contributed by atoms with E-state index in [1.54, 1.807) is 32.2 Å². The Bertz CT molecular complexity index is 1810. The molecule has 10 atom stereocenters. The third-order valence-corrected chi connectivity index (χ3v) is 13.4. The molecule has 1 aromatic carbocycles. The minimum absolute atomic E-state index is 0.00991. The van der Waals surface area contributed by atoms with Gasteiger partial charge in [0.2, 0.25) is 17.7 Å². The third-order valence-electron chi connectivity index (χ3n) is 13.4. The van der Waals surface area contributed by atoms with E-state index in [1.807, 2.05) is 63.8 Å². The number of fused-ring (bicyclic) bond motifs is 1. The summed E-state index contributed by atoms with van der Waals surface area (Å²) >= 11 is 0. The van der Waals surface area contributed by atoms with Crippen molar-refractivity contribution in [3.8, 4) is 0 Å². The van der Waals surface area contributed by atoms with Gasteiger partial charge in [-0.3, -0.25) is 28.9 Å². The van der Waals surface area contributed by atoms with Gasteiger partial charge in [0.15, 0.2) is 5.78 Å². The Morgan fingerprint density at radius 3 is 2.19 bits per heavy atom. The van der Waals surface area contributed by atoms with Gasteiger partial charge in [0.1, 0.15) is 6.04 Å². The molecule has 1 unspecified atom stereocenters. The van der Waals surface area contributed by atoms with Crippen LogP contribution in [0.2, 0.25) is 0 Å². The Hall–Kier alpha value is -4.34. The maximum atomic E-state index is 14.2. The highest BCUT2D eigenvalue weighted by Gasteiger charge is 2.42. The number of nitrogens with one attached hydrogen (secondary N) is 3. The first-order valence-corrected chi connectivity index (χ1v) is 23.0. The van der Waals surface area contributed by atoms with Gasteiger partial charge < -0.3 is 40.2 Å². The van der Waals surface area contributed by atoms with Crippen LogP contribution in [0.25, 0.3) is 10.9 Å². The molecule has 0 radical (unpaired) electrons. The van der Waals surface area contributed by atoms with Crippen LogP contribution in [-0.2, 0) is 44.7 Å². The van der Waals surface area contributed by atoms with E-state index in [0.29, 0.717) is 38.8 Å². The number of carbonyl (C=O) groups is 6. The number of likely N-dealkylation sites (tertiary alicyclic amines) is 1. The lowest BCUT2D eigenvalue weighted by Gasteiger charge is -2.36. The SMILES string of the molecule is CC[C@H](C)[C@H](CCC(C)C(=O)[C@@H](NC(=O)[C@H](C(C)C)N(C)CCCC(=O)O)C(C)C)[C@@H](CC(=O)N1CCC[C@H]1[C@H](OC)[C@@H](C)C(=O)N[C@@H](Cc1c[nH]c2ccccc12)C(=O)O)OC. The number of aromatic nitrogens is 1. The maximum Gasteiger partial charge on any atom is 0.326 e. The molecule has 0 aliphatic carbocycles. The van der Waals surface area contributed by atoms with Gasteiger partial charge in [0.05, 0.1) is 42.7 Å². The Morgan fingerprint density at radius 1 is 0.921 bits per heavy atom. The van der Waals surface area contributed by atoms with Gasteiger partial charge in [0.25, 0.3) is 0 Å². The first-order chi connectivity index (χ1) is 29.8. The summed E-state index contributed by atoms with van der Waals surface area (Å²) in [5.41, 5.74) is 1.66. The van der Waals surface area contributed by atoms with Crippen molar-refractivity contribution in [1.29, 1.82) is 0 Å². The molecule has 1 saturated heterocycles. The number of benzene rings is 1. The predicted octanol–water partition coefficient (Wildman–Crippen LogP) is 5.94. The number of Topliss-reactive ketones (excluding diaryl/α,β-unsaturated/α-hetero) is 1. The van der Waals surface area contributed by atoms with Crippen molar-refractivity contribution in [3.63, 3.8) is 0 Å². The van der Waals surface area contributed by atoms with Gasteiger partial charge in [-0.15, -0.1) is 0 Å². The van der Waals surface area contributed by atoms with Crippen molar-refractivity contribution in [3.05, 3.63) is 36.0 Å². The lowest BCUT2D eigenvalue weighted by molar-refractivity contribution is -0.145. The number of methoxy groups -OCH3 is 2. The standard InChI is InChI=1S/C48H77N5O10/c1-12-30(6)34(22-21-31(7)44(57)42(28(2)3)51-47(59)43(29(4)5)52(9)23-16-20-41(55)56)39(62-10)26-40(54)53-24-15-19-38(53)45(63-11)32(8)46(58)50-37(48(60)61)25-33-27-49-36-18-14-13-17-35(33)36/h13-14,17-18,27-32,34,37-39,42-43,45,49H,12,15-16,19-26H2,1-11H3,(H,50,58)(H,51,59)(H,55,56)(H,60,61)/t30-,31?,32+,34-,37-,38-,39+,42-,43-,45+/m0/s1. The minimum atomic E-state index is -1.17. The molecule has 0 saturated carbocycles. The Morgan fingerprint density at radius 2 is 1.60 bits per heavy atom. The van der Waals surface area contributed by atoms with E-state index in [1.165, 1.54) is 7.11 Å². The summed E-state index contributed by atoms with van der Waals surface area (Å²) in [6.07, 6.45) is 4.60. The fourth-order valence-electron chi connectivity index (χ4n) is 9.48. The van der Waals surface area contributed by atoms with Crippen LogP contribution in [0.5, 0.6) is 0 Å². The predicted molar refractivity (Wildman–Crippen MR) is 243 cm³/mol. The molecule has 1 aromatic heterocycles. The molecule has 63 heavy (non-hydrogen) atoms. The zero-order chi connectivity index (χ0) is 47.1. The van der Waals surface area contributed by atoms with E-state index in [0.717, 1.165) is 29.3 Å². The molecule has 5 N–H and O–H groups in total. The topological polar surface area (TPSA) is 208 Å². The molecule has 354 valence electrons. The summed E-state index contributed by atoms with van der Waals surface area (Å²) < 4.78 is 12.0. The number of rotatable bonds is 28. The second-order valence-corrected chi connectivity index (χ2v) is 18.6. The molecular formula is C48H77N5O10. The molecule has 2 heterocycles. The zero-order valence-electron chi connectivity index (χ0n) is 39.6. The number of amides is 3. The lowest BCUT2D eigenvalue weighted by Crippen LogP contribution is -2.55. The normalized spacial score (nSPS) is 18.7. The molecule has 15 heteroatoms. The Kier molecular flexibility index (Phi) is 21.2. The molecule has 1 aliphatic heterocycles. The molecule has 1 aliphatic rings. The summed E-state index contributed by atoms with van der Waals surface area (Å²) in [6, 6.07) is 4.78. The van der Waals surface area contributed by atoms with Crippen molar-refractivity contribution in [2.24, 2.45) is 35.5 Å². The highest BCUT2D eigenvalue weighted by atomic mass is 16.5. The van der Waals surface area contributed by atoms with Crippen LogP contribution in [0.4, 0.5) is 0 Å². The summed E-state index contributed by atoms with van der Waals surface area (Å²) in [7, 11) is 4.92. The first-order valence-electron chi connectivity index (χ1n) is 23.0. The van der Waals surface area contributed by atoms with Crippen LogP contribution in [0.1, 0.15) is 112 Å². The third kappa shape index (κ3) is 14.6. The monoisotopic (exact) mass is 884 g/mol. The Balaban J connectivity index is 1.69. The number of carboxylic acid groups (broad SMARTS) is 2. The fraction of sp³-hybridized carbons (Fsp3) is 0.708. The van der Waals surface area contributed by atoms with Gasteiger partial charge in [-0.05, 0) is 81.0 Å². The van der Waals surface area contributed by atoms with Gasteiger partial charge in [-0.2, -0.15) is 0 Å². The summed E-state index contributed by atoms with van der Waals surface area (Å²) in [5.74, 6) is -4.18. The van der Waals surface area contributed by atoms with E-state index in [-0.39, 0.29) is 66.4 Å². The summed E-state index contributed by atoms with van der Waals surface area (Å²) in [5, 5.41) is 25.9. The molecule has 2 aromatic rings. The molecule has 3 amide bonds. The Labute approximate surface area is 374 Å². The van der Waals surface area contributed by atoms with Gasteiger partial charge >= 0.3 is 11.9 Å². The second-order valence-electron chi connectivity index (χ2n) is 18.6. The minimum Gasteiger partial charge on any atom is -0.481 e. The van der Waals surface area contributed by atoms with Crippen molar-refractivity contribution in [2.75, 3.05) is 34.4 Å². The number of nitrogens with zero attached hydrogens (tertiary/aromatic N) is 2. The highest BCUT2D eigenvalue weighted by Crippen LogP contribution is 2.33. The number of carbonyl (C=O) groups excluding carboxylic acids is 4. The zero-order valence-corrected chi connectivity index (χ0v) is 39.6. The van der Waals surface area contributed by atoms with Gasteiger partial charge in [0, 0.05) is 56.6 Å². The number of para-hydroxylation sites is 1. The van der Waals surface area contributed by atoms with Crippen LogP contribution in [0.3, 0.4) is 0 Å². The summed E-state index contributed by atoms with van der Waals surface area (Å²) in [6.45, 7) is 16.4. The molecule has 1 fully saturated rings. The number of hydrogen-bond donors (Lipinski definition) is 5. The van der Waals surface area contributed by atoms with Crippen molar-refractivity contribution < 1.29 is 48.5 Å². The molecule has 0 bridgehead atoms. The van der Waals surface area contributed by atoms with E-state index in [4.69, 9.17) is 14.6 Å². The number of H-pyrrole nitrogens is 1. The van der Waals surface area contributed by atoms with Crippen LogP contribution in [0, 0.1) is 35.5 Å². The van der Waals surface area contributed by atoms with Crippen LogP contribution in [0.15, 0.2) is 30.5 Å². The molecule has 15 nitrogen and oxygen atoms in total. The highest BCUT2D eigenvalue weighted by molar-refractivity contribution is 5.92. The summed E-state index contributed by atoms with van der Waals surface area (Å²) in [4.78, 5) is 85.9. The van der Waals surface area contributed by atoms with Gasteiger partial charge in [-0.1, -0.05) is 80.0 Å². The number of likely N-dealkylation sites (N-methyl/N-ethyl adjacent to an activating group) is 1. The number of aromatic amines is 1. The number of hydrogen-bond acceptors (Lipinski definition) is 9.